The van der Waals surface area contributed by atoms with Crippen LogP contribution in [0.3, 0.4) is 0 Å². The van der Waals surface area contributed by atoms with Gasteiger partial charge in [-0.25, -0.2) is 13.8 Å². The van der Waals surface area contributed by atoms with Crippen molar-refractivity contribution in [2.75, 3.05) is 18.0 Å². The summed E-state index contributed by atoms with van der Waals surface area (Å²) in [6.07, 6.45) is 0. The lowest BCUT2D eigenvalue weighted by Gasteiger charge is -2.24. The number of methoxy groups -OCH3 is 1. The highest BCUT2D eigenvalue weighted by Crippen LogP contribution is 2.26. The third kappa shape index (κ3) is 5.69. The minimum Gasteiger partial charge on any atom is -0.507 e. The van der Waals surface area contributed by atoms with Gasteiger partial charge in [0.1, 0.15) is 18.0 Å². The number of hydrogen-bond acceptors (Lipinski definition) is 6. The maximum Gasteiger partial charge on any atom is 0.264 e. The largest absolute Gasteiger partial charge is 0.507 e. The number of nitrogens with one attached hydrogen (secondary N) is 1. The molecular weight excluding hydrogens is 442 g/mol. The summed E-state index contributed by atoms with van der Waals surface area (Å²) in [6, 6.07) is 19.3. The number of carbonyl (C=O) groups excluding carboxylic acids is 1. The molecule has 0 bridgehead atoms. The summed E-state index contributed by atoms with van der Waals surface area (Å²) in [5, 5.41) is 14.0. The van der Waals surface area contributed by atoms with E-state index in [4.69, 9.17) is 4.74 Å². The second kappa shape index (κ2) is 10.2. The van der Waals surface area contributed by atoms with Crippen molar-refractivity contribution in [2.24, 2.45) is 5.10 Å². The van der Waals surface area contributed by atoms with E-state index >= 15 is 0 Å². The van der Waals surface area contributed by atoms with E-state index in [-0.39, 0.29) is 10.6 Å². The van der Waals surface area contributed by atoms with E-state index in [9.17, 15) is 18.3 Å². The molecule has 1 amide bonds. The van der Waals surface area contributed by atoms with Crippen LogP contribution in [0.5, 0.6) is 11.5 Å². The Labute approximate surface area is 193 Å². The van der Waals surface area contributed by atoms with E-state index in [1.807, 2.05) is 6.92 Å². The number of anilines is 1. The lowest BCUT2D eigenvalue weighted by molar-refractivity contribution is -0.119. The summed E-state index contributed by atoms with van der Waals surface area (Å²) in [7, 11) is -2.53. The Morgan fingerprint density at radius 2 is 1.67 bits per heavy atom. The van der Waals surface area contributed by atoms with Crippen molar-refractivity contribution in [1.29, 1.82) is 0 Å². The fourth-order valence-electron chi connectivity index (χ4n) is 3.05. The van der Waals surface area contributed by atoms with E-state index < -0.39 is 22.5 Å². The molecule has 3 rings (SSSR count). The van der Waals surface area contributed by atoms with Crippen LogP contribution in [0.25, 0.3) is 0 Å². The summed E-state index contributed by atoms with van der Waals surface area (Å²) in [6.45, 7) is 2.98. The molecule has 0 aliphatic carbocycles. The standard InChI is InChI=1S/C24H25N3O5S/c1-17-8-14-21(15-9-17)33(30,31)27(19-10-12-20(32-3)13-11-19)16-24(29)26-25-18(2)22-6-4-5-7-23(22)28/h4-15,28H,16H2,1-3H3,(H,26,29)/b25-18-. The van der Waals surface area contributed by atoms with Gasteiger partial charge >= 0.3 is 0 Å². The van der Waals surface area contributed by atoms with Crippen LogP contribution in [0, 0.1) is 6.92 Å². The van der Waals surface area contributed by atoms with Gasteiger partial charge in [-0.15, -0.1) is 0 Å². The number of sulfonamides is 1. The van der Waals surface area contributed by atoms with Crippen molar-refractivity contribution in [3.8, 4) is 11.5 Å². The number of nitrogens with zero attached hydrogens (tertiary/aromatic N) is 2. The number of hydrogen-bond donors (Lipinski definition) is 2. The van der Waals surface area contributed by atoms with Crippen molar-refractivity contribution >= 4 is 27.3 Å². The highest BCUT2D eigenvalue weighted by molar-refractivity contribution is 7.92. The zero-order chi connectivity index (χ0) is 24.0. The Morgan fingerprint density at radius 1 is 1.03 bits per heavy atom. The number of aromatic hydroxyl groups is 1. The average Bonchev–Trinajstić information content (AvgIpc) is 2.81. The number of phenolic OH excluding ortho intramolecular Hbond substituents is 1. The molecule has 0 aliphatic heterocycles. The number of aryl methyl sites for hydroxylation is 1. The van der Waals surface area contributed by atoms with Crippen LogP contribution < -0.4 is 14.5 Å². The number of phenols is 1. The number of para-hydroxylation sites is 1. The first-order chi connectivity index (χ1) is 15.7. The van der Waals surface area contributed by atoms with Crippen LogP contribution in [0.15, 0.2) is 82.8 Å². The van der Waals surface area contributed by atoms with Gasteiger partial charge in [0.15, 0.2) is 0 Å². The van der Waals surface area contributed by atoms with Crippen molar-refractivity contribution in [2.45, 2.75) is 18.7 Å². The van der Waals surface area contributed by atoms with Gasteiger partial charge in [-0.1, -0.05) is 29.8 Å². The molecule has 0 aliphatic rings. The van der Waals surface area contributed by atoms with Crippen LogP contribution in [-0.2, 0) is 14.8 Å². The topological polar surface area (TPSA) is 108 Å². The van der Waals surface area contributed by atoms with Gasteiger partial charge in [-0.05, 0) is 62.4 Å². The fourth-order valence-corrected chi connectivity index (χ4v) is 4.47. The Hall–Kier alpha value is -3.85. The van der Waals surface area contributed by atoms with Crippen LogP contribution in [0.4, 0.5) is 5.69 Å². The molecule has 0 atom stereocenters. The molecule has 3 aromatic rings. The maximum absolute atomic E-state index is 13.4. The van der Waals surface area contributed by atoms with Gasteiger partial charge in [0.2, 0.25) is 0 Å². The smallest absolute Gasteiger partial charge is 0.264 e. The molecular formula is C24H25N3O5S. The molecule has 0 spiro atoms. The van der Waals surface area contributed by atoms with Crippen LogP contribution in [0.2, 0.25) is 0 Å². The predicted octanol–water partition coefficient (Wildman–Crippen LogP) is 3.44. The second-order valence-corrected chi connectivity index (χ2v) is 9.13. The maximum atomic E-state index is 13.4. The SMILES string of the molecule is COc1ccc(N(CC(=O)N/N=C(/C)c2ccccc2O)S(=O)(=O)c2ccc(C)cc2)cc1. The van der Waals surface area contributed by atoms with Gasteiger partial charge in [-0.3, -0.25) is 9.10 Å². The summed E-state index contributed by atoms with van der Waals surface area (Å²) in [5.74, 6) is -0.0649. The second-order valence-electron chi connectivity index (χ2n) is 7.27. The lowest BCUT2D eigenvalue weighted by atomic mass is 10.1. The zero-order valence-corrected chi connectivity index (χ0v) is 19.3. The van der Waals surface area contributed by atoms with Crippen molar-refractivity contribution in [3.05, 3.63) is 83.9 Å². The third-order valence-electron chi connectivity index (χ3n) is 4.90. The van der Waals surface area contributed by atoms with Crippen LogP contribution in [0.1, 0.15) is 18.1 Å². The molecule has 0 aromatic heterocycles. The summed E-state index contributed by atoms with van der Waals surface area (Å²) in [4.78, 5) is 12.8. The lowest BCUT2D eigenvalue weighted by Crippen LogP contribution is -2.39. The third-order valence-corrected chi connectivity index (χ3v) is 6.69. The van der Waals surface area contributed by atoms with Crippen molar-refractivity contribution in [1.82, 2.24) is 5.43 Å². The molecule has 0 fully saturated rings. The number of amides is 1. The average molecular weight is 468 g/mol. The van der Waals surface area contributed by atoms with E-state index in [0.717, 1.165) is 9.87 Å². The van der Waals surface area contributed by atoms with Gasteiger partial charge in [0, 0.05) is 5.56 Å². The molecule has 0 radical (unpaired) electrons. The minimum atomic E-state index is -4.04. The highest BCUT2D eigenvalue weighted by atomic mass is 32.2. The van der Waals surface area contributed by atoms with Gasteiger partial charge in [-0.2, -0.15) is 5.10 Å². The van der Waals surface area contributed by atoms with E-state index in [0.29, 0.717) is 22.7 Å². The number of benzene rings is 3. The Morgan fingerprint density at radius 3 is 2.27 bits per heavy atom. The van der Waals surface area contributed by atoms with Gasteiger partial charge in [0.25, 0.3) is 15.9 Å². The molecule has 0 saturated heterocycles. The first-order valence-corrected chi connectivity index (χ1v) is 11.5. The molecule has 8 nitrogen and oxygen atoms in total. The normalized spacial score (nSPS) is 11.7. The Balaban J connectivity index is 1.89. The van der Waals surface area contributed by atoms with Gasteiger partial charge < -0.3 is 9.84 Å². The molecule has 172 valence electrons. The number of rotatable bonds is 8. The van der Waals surface area contributed by atoms with Crippen LogP contribution in [-0.4, -0.2) is 38.8 Å². The van der Waals surface area contributed by atoms with Crippen molar-refractivity contribution < 1.29 is 23.1 Å². The molecule has 0 saturated carbocycles. The molecule has 33 heavy (non-hydrogen) atoms. The summed E-state index contributed by atoms with van der Waals surface area (Å²) >= 11 is 0. The molecule has 0 unspecified atom stereocenters. The van der Waals surface area contributed by atoms with E-state index in [1.165, 1.54) is 25.3 Å². The molecule has 9 heteroatoms. The number of ether oxygens (including phenoxy) is 1. The Bertz CT molecular complexity index is 1250. The molecule has 0 heterocycles. The minimum absolute atomic E-state index is 0.0230. The predicted molar refractivity (Wildman–Crippen MR) is 127 cm³/mol. The molecule has 3 aromatic carbocycles. The van der Waals surface area contributed by atoms with E-state index in [2.05, 4.69) is 10.5 Å². The first kappa shape index (κ1) is 23.8. The monoisotopic (exact) mass is 467 g/mol. The summed E-state index contributed by atoms with van der Waals surface area (Å²) < 4.78 is 32.9. The zero-order valence-electron chi connectivity index (χ0n) is 18.5. The highest BCUT2D eigenvalue weighted by Gasteiger charge is 2.27. The number of hydrazone groups is 1. The Kier molecular flexibility index (Phi) is 7.34. The fraction of sp³-hybridized carbons (Fsp3) is 0.167. The van der Waals surface area contributed by atoms with E-state index in [1.54, 1.807) is 61.5 Å². The van der Waals surface area contributed by atoms with Crippen molar-refractivity contribution in [3.63, 3.8) is 0 Å². The quantitative estimate of drug-likeness (QED) is 0.390. The first-order valence-electron chi connectivity index (χ1n) is 10.1. The van der Waals surface area contributed by atoms with Gasteiger partial charge in [0.05, 0.1) is 23.4 Å². The summed E-state index contributed by atoms with van der Waals surface area (Å²) in [5.41, 5.74) is 4.41. The van der Waals surface area contributed by atoms with Crippen LogP contribution >= 0.6 is 0 Å². The number of carbonyl (C=O) groups is 1. The molecule has 2 N–H and O–H groups in total.